The number of hydrogen-bond acceptors (Lipinski definition) is 4. The number of aliphatic hydroxyl groups is 2. The Morgan fingerprint density at radius 1 is 1.04 bits per heavy atom. The van der Waals surface area contributed by atoms with E-state index in [1.165, 1.54) is 0 Å². The van der Waals surface area contributed by atoms with Crippen LogP contribution in [0.25, 0.3) is 0 Å². The van der Waals surface area contributed by atoms with Crippen LogP contribution in [0, 0.1) is 0 Å². The fraction of sp³-hybridized carbons (Fsp3) is 0.350. The predicted molar refractivity (Wildman–Crippen MR) is 98.2 cm³/mol. The van der Waals surface area contributed by atoms with Crippen molar-refractivity contribution in [2.45, 2.75) is 18.9 Å². The molecule has 1 atom stereocenters. The summed E-state index contributed by atoms with van der Waals surface area (Å²) in [6, 6.07) is 16.8. The van der Waals surface area contributed by atoms with E-state index in [9.17, 15) is 15.0 Å². The van der Waals surface area contributed by atoms with Crippen LogP contribution >= 0.6 is 0 Å². The fourth-order valence-electron chi connectivity index (χ4n) is 2.80. The third kappa shape index (κ3) is 6.31. The summed E-state index contributed by atoms with van der Waals surface area (Å²) < 4.78 is 0. The Hall–Kier alpha value is -2.21. The summed E-state index contributed by atoms with van der Waals surface area (Å²) in [6.07, 6.45) is 1.20. The summed E-state index contributed by atoms with van der Waals surface area (Å²) in [5, 5.41) is 19.6. The van der Waals surface area contributed by atoms with E-state index in [1.807, 2.05) is 42.5 Å². The number of aryl methyl sites for hydroxylation is 1. The Morgan fingerprint density at radius 2 is 1.72 bits per heavy atom. The zero-order valence-corrected chi connectivity index (χ0v) is 14.3. The van der Waals surface area contributed by atoms with Crippen LogP contribution in [-0.2, 0) is 6.42 Å². The SMILES string of the molecule is NC(=O)c1ccc(CCCN(CCO)CC(O)c2ccccc2)cc1. The van der Waals surface area contributed by atoms with Gasteiger partial charge in [-0.15, -0.1) is 0 Å². The maximum absolute atomic E-state index is 11.1. The van der Waals surface area contributed by atoms with Crippen LogP contribution in [0.15, 0.2) is 54.6 Å². The van der Waals surface area contributed by atoms with Crippen molar-refractivity contribution in [1.82, 2.24) is 4.90 Å². The number of rotatable bonds is 10. The molecule has 0 aliphatic heterocycles. The van der Waals surface area contributed by atoms with E-state index in [0.717, 1.165) is 30.5 Å². The Bertz CT molecular complexity index is 644. The molecule has 2 rings (SSSR count). The third-order valence-electron chi connectivity index (χ3n) is 4.21. The van der Waals surface area contributed by atoms with Crippen molar-refractivity contribution in [2.75, 3.05) is 26.2 Å². The van der Waals surface area contributed by atoms with Crippen molar-refractivity contribution in [3.05, 3.63) is 71.3 Å². The van der Waals surface area contributed by atoms with E-state index >= 15 is 0 Å². The van der Waals surface area contributed by atoms with Gasteiger partial charge in [-0.3, -0.25) is 9.69 Å². The van der Waals surface area contributed by atoms with E-state index in [2.05, 4.69) is 4.90 Å². The Balaban J connectivity index is 1.83. The normalized spacial score (nSPS) is 12.3. The molecule has 0 spiro atoms. The molecule has 5 heteroatoms. The number of amides is 1. The van der Waals surface area contributed by atoms with Gasteiger partial charge >= 0.3 is 0 Å². The Morgan fingerprint density at radius 3 is 2.32 bits per heavy atom. The highest BCUT2D eigenvalue weighted by Crippen LogP contribution is 2.14. The first-order valence-corrected chi connectivity index (χ1v) is 8.55. The lowest BCUT2D eigenvalue weighted by molar-refractivity contribution is 0.0989. The van der Waals surface area contributed by atoms with Gasteiger partial charge in [-0.2, -0.15) is 0 Å². The molecule has 0 saturated carbocycles. The number of carbonyl (C=O) groups excluding carboxylic acids is 1. The molecule has 0 fully saturated rings. The van der Waals surface area contributed by atoms with Gasteiger partial charge in [0.05, 0.1) is 12.7 Å². The summed E-state index contributed by atoms with van der Waals surface area (Å²) >= 11 is 0. The van der Waals surface area contributed by atoms with Gasteiger partial charge in [0.15, 0.2) is 0 Å². The number of benzene rings is 2. The van der Waals surface area contributed by atoms with E-state index in [0.29, 0.717) is 18.7 Å². The molecule has 2 aromatic carbocycles. The van der Waals surface area contributed by atoms with Crippen molar-refractivity contribution in [1.29, 1.82) is 0 Å². The molecule has 0 aromatic heterocycles. The largest absolute Gasteiger partial charge is 0.395 e. The molecule has 0 aliphatic rings. The average molecular weight is 342 g/mol. The lowest BCUT2D eigenvalue weighted by Gasteiger charge is -2.24. The summed E-state index contributed by atoms with van der Waals surface area (Å²) in [4.78, 5) is 13.1. The highest BCUT2D eigenvalue weighted by Gasteiger charge is 2.13. The van der Waals surface area contributed by atoms with Crippen molar-refractivity contribution in [3.63, 3.8) is 0 Å². The van der Waals surface area contributed by atoms with Crippen molar-refractivity contribution in [3.8, 4) is 0 Å². The van der Waals surface area contributed by atoms with Crippen molar-refractivity contribution in [2.24, 2.45) is 5.73 Å². The summed E-state index contributed by atoms with van der Waals surface area (Å²) in [7, 11) is 0. The van der Waals surface area contributed by atoms with Gasteiger partial charge in [0.1, 0.15) is 0 Å². The zero-order chi connectivity index (χ0) is 18.1. The number of primary amides is 1. The van der Waals surface area contributed by atoms with Gasteiger partial charge in [-0.25, -0.2) is 0 Å². The number of carbonyl (C=O) groups is 1. The molecule has 0 heterocycles. The van der Waals surface area contributed by atoms with Crippen LogP contribution in [-0.4, -0.2) is 47.3 Å². The maximum atomic E-state index is 11.1. The first kappa shape index (κ1) is 19.1. The van der Waals surface area contributed by atoms with Gasteiger partial charge in [0, 0.05) is 18.7 Å². The lowest BCUT2D eigenvalue weighted by Crippen LogP contribution is -2.32. The molecule has 4 N–H and O–H groups in total. The molecular weight excluding hydrogens is 316 g/mol. The van der Waals surface area contributed by atoms with Crippen molar-refractivity contribution < 1.29 is 15.0 Å². The molecule has 0 bridgehead atoms. The predicted octanol–water partition coefficient (Wildman–Crippen LogP) is 1.75. The second-order valence-electron chi connectivity index (χ2n) is 6.12. The van der Waals surface area contributed by atoms with Crippen LogP contribution < -0.4 is 5.73 Å². The molecule has 1 unspecified atom stereocenters. The maximum Gasteiger partial charge on any atom is 0.248 e. The van der Waals surface area contributed by atoms with Gasteiger partial charge in [-0.05, 0) is 42.6 Å². The van der Waals surface area contributed by atoms with E-state index in [1.54, 1.807) is 12.1 Å². The van der Waals surface area contributed by atoms with Crippen LogP contribution in [0.3, 0.4) is 0 Å². The Labute approximate surface area is 148 Å². The van der Waals surface area contributed by atoms with Crippen LogP contribution in [0.5, 0.6) is 0 Å². The standard InChI is InChI=1S/C20H26N2O3/c21-20(25)18-10-8-16(9-11-18)5-4-12-22(13-14-23)15-19(24)17-6-2-1-3-7-17/h1-3,6-11,19,23-24H,4-5,12-15H2,(H2,21,25). The fourth-order valence-corrected chi connectivity index (χ4v) is 2.80. The minimum Gasteiger partial charge on any atom is -0.395 e. The van der Waals surface area contributed by atoms with E-state index < -0.39 is 12.0 Å². The van der Waals surface area contributed by atoms with Crippen LogP contribution in [0.1, 0.15) is 34.0 Å². The zero-order valence-electron chi connectivity index (χ0n) is 14.3. The molecular formula is C20H26N2O3. The number of aliphatic hydroxyl groups excluding tert-OH is 2. The topological polar surface area (TPSA) is 86.8 Å². The molecule has 25 heavy (non-hydrogen) atoms. The lowest BCUT2D eigenvalue weighted by atomic mass is 10.1. The third-order valence-corrected chi connectivity index (χ3v) is 4.21. The first-order chi connectivity index (χ1) is 12.1. The van der Waals surface area contributed by atoms with Gasteiger partial charge in [-0.1, -0.05) is 42.5 Å². The number of nitrogens with zero attached hydrogens (tertiary/aromatic N) is 1. The minimum atomic E-state index is -0.567. The second-order valence-corrected chi connectivity index (χ2v) is 6.12. The minimum absolute atomic E-state index is 0.0643. The molecule has 0 radical (unpaired) electrons. The molecule has 5 nitrogen and oxygen atoms in total. The van der Waals surface area contributed by atoms with Crippen molar-refractivity contribution >= 4 is 5.91 Å². The molecule has 0 saturated heterocycles. The summed E-state index contributed by atoms with van der Waals surface area (Å²) in [5.41, 5.74) is 7.77. The van der Waals surface area contributed by atoms with Gasteiger partial charge in [0.2, 0.25) is 5.91 Å². The number of hydrogen-bond donors (Lipinski definition) is 3. The van der Waals surface area contributed by atoms with Gasteiger partial charge in [0.25, 0.3) is 0 Å². The highest BCUT2D eigenvalue weighted by molar-refractivity contribution is 5.92. The van der Waals surface area contributed by atoms with E-state index in [-0.39, 0.29) is 6.61 Å². The molecule has 0 aliphatic carbocycles. The summed E-state index contributed by atoms with van der Waals surface area (Å²) in [5.74, 6) is -0.421. The quantitative estimate of drug-likeness (QED) is 0.614. The van der Waals surface area contributed by atoms with Gasteiger partial charge < -0.3 is 15.9 Å². The highest BCUT2D eigenvalue weighted by atomic mass is 16.3. The molecule has 1 amide bonds. The Kier molecular flexibility index (Phi) is 7.60. The van der Waals surface area contributed by atoms with E-state index in [4.69, 9.17) is 5.73 Å². The average Bonchev–Trinajstić information content (AvgIpc) is 2.63. The summed E-state index contributed by atoms with van der Waals surface area (Å²) in [6.45, 7) is 1.87. The van der Waals surface area contributed by atoms with Crippen LogP contribution in [0.4, 0.5) is 0 Å². The second kappa shape index (κ2) is 9.93. The smallest absolute Gasteiger partial charge is 0.248 e. The number of nitrogens with two attached hydrogens (primary N) is 1. The monoisotopic (exact) mass is 342 g/mol. The molecule has 134 valence electrons. The van der Waals surface area contributed by atoms with Crippen LogP contribution in [0.2, 0.25) is 0 Å². The first-order valence-electron chi connectivity index (χ1n) is 8.55. The molecule has 2 aromatic rings.